The third kappa shape index (κ3) is 3.00. The van der Waals surface area contributed by atoms with Gasteiger partial charge in [0.25, 0.3) is 0 Å². The van der Waals surface area contributed by atoms with E-state index in [1.165, 1.54) is 69.4 Å². The number of hydrogen-bond acceptors (Lipinski definition) is 2. The highest BCUT2D eigenvalue weighted by Crippen LogP contribution is 2.47. The lowest BCUT2D eigenvalue weighted by Gasteiger charge is -2.18. The summed E-state index contributed by atoms with van der Waals surface area (Å²) >= 11 is 1.88. The van der Waals surface area contributed by atoms with Crippen molar-refractivity contribution in [3.05, 3.63) is 128 Å². The van der Waals surface area contributed by atoms with E-state index < -0.39 is 0 Å². The second kappa shape index (κ2) is 7.99. The molecule has 0 saturated carbocycles. The highest BCUT2D eigenvalue weighted by molar-refractivity contribution is 7.26. The molecule has 0 unspecified atom stereocenters. The summed E-state index contributed by atoms with van der Waals surface area (Å²) in [4.78, 5) is 5.03. The molecule has 0 N–H and O–H groups in total. The van der Waals surface area contributed by atoms with E-state index in [0.717, 1.165) is 5.52 Å². The molecule has 0 aliphatic rings. The summed E-state index contributed by atoms with van der Waals surface area (Å²) < 4.78 is 2.65. The second-order valence-electron chi connectivity index (χ2n) is 9.50. The van der Waals surface area contributed by atoms with Crippen LogP contribution in [0, 0.1) is 0 Å². The maximum Gasteiger partial charge on any atom is 0.0793 e. The maximum atomic E-state index is 5.03. The van der Waals surface area contributed by atoms with Gasteiger partial charge in [-0.05, 0) is 39.2 Å². The number of nitrogens with zero attached hydrogens (tertiary/aromatic N) is 1. The minimum atomic E-state index is 1.05. The molecule has 8 rings (SSSR count). The van der Waals surface area contributed by atoms with Gasteiger partial charge in [-0.1, -0.05) is 109 Å². The molecule has 0 atom stereocenters. The summed E-state index contributed by atoms with van der Waals surface area (Å²) in [6.45, 7) is 0. The first-order chi connectivity index (χ1) is 18.4. The van der Waals surface area contributed by atoms with Crippen molar-refractivity contribution in [3.63, 3.8) is 0 Å². The molecule has 0 fully saturated rings. The van der Waals surface area contributed by atoms with Gasteiger partial charge in [-0.25, -0.2) is 0 Å². The number of fused-ring (bicyclic) bond motifs is 6. The highest BCUT2D eigenvalue weighted by Gasteiger charge is 2.20. The lowest BCUT2D eigenvalue weighted by molar-refractivity contribution is 1.42. The van der Waals surface area contributed by atoms with Gasteiger partial charge in [-0.15, -0.1) is 11.3 Å². The lowest BCUT2D eigenvalue weighted by Crippen LogP contribution is -1.93. The maximum absolute atomic E-state index is 5.03. The number of pyridine rings is 1. The van der Waals surface area contributed by atoms with Crippen LogP contribution in [-0.2, 0) is 0 Å². The zero-order valence-electron chi connectivity index (χ0n) is 20.0. The first-order valence-electron chi connectivity index (χ1n) is 12.6. The zero-order valence-corrected chi connectivity index (χ0v) is 20.8. The van der Waals surface area contributed by atoms with Gasteiger partial charge < -0.3 is 0 Å². The van der Waals surface area contributed by atoms with E-state index in [4.69, 9.17) is 4.98 Å². The van der Waals surface area contributed by atoms with Crippen LogP contribution in [0.4, 0.5) is 0 Å². The van der Waals surface area contributed by atoms with Crippen molar-refractivity contribution in [1.82, 2.24) is 4.98 Å². The lowest BCUT2D eigenvalue weighted by atomic mass is 9.86. The highest BCUT2D eigenvalue weighted by atomic mass is 32.1. The van der Waals surface area contributed by atoms with Crippen molar-refractivity contribution < 1.29 is 0 Å². The molecule has 1 nitrogen and oxygen atoms in total. The van der Waals surface area contributed by atoms with Crippen LogP contribution >= 0.6 is 11.3 Å². The Labute approximate surface area is 218 Å². The van der Waals surface area contributed by atoms with Crippen LogP contribution in [0.2, 0.25) is 0 Å². The summed E-state index contributed by atoms with van der Waals surface area (Å²) in [5.41, 5.74) is 6.02. The SMILES string of the molecule is c1ccc2c(-c3c4ccccc4c(-c4cccc5c4sc4ccccc45)c4cccnc34)cccc2c1. The summed E-state index contributed by atoms with van der Waals surface area (Å²) in [6, 6.07) is 43.8. The fourth-order valence-electron chi connectivity index (χ4n) is 5.95. The van der Waals surface area contributed by atoms with E-state index in [1.807, 2.05) is 17.5 Å². The van der Waals surface area contributed by atoms with Crippen molar-refractivity contribution in [3.8, 4) is 22.3 Å². The Kier molecular flexibility index (Phi) is 4.46. The van der Waals surface area contributed by atoms with Gasteiger partial charge >= 0.3 is 0 Å². The number of hydrogen-bond donors (Lipinski definition) is 0. The van der Waals surface area contributed by atoms with E-state index in [9.17, 15) is 0 Å². The molecular formula is C35H21NS. The predicted molar refractivity (Wildman–Crippen MR) is 161 cm³/mol. The summed E-state index contributed by atoms with van der Waals surface area (Å²) in [5.74, 6) is 0. The Balaban J connectivity index is 1.57. The summed E-state index contributed by atoms with van der Waals surface area (Å²) in [5, 5.41) is 8.82. The Morgan fingerprint density at radius 1 is 0.432 bits per heavy atom. The number of benzene rings is 6. The quantitative estimate of drug-likeness (QED) is 0.221. The topological polar surface area (TPSA) is 12.9 Å². The van der Waals surface area contributed by atoms with Crippen LogP contribution in [0.3, 0.4) is 0 Å². The van der Waals surface area contributed by atoms with Crippen LogP contribution in [0.25, 0.3) is 74.9 Å². The molecule has 0 saturated heterocycles. The molecule has 0 amide bonds. The van der Waals surface area contributed by atoms with Crippen molar-refractivity contribution in [2.45, 2.75) is 0 Å². The van der Waals surface area contributed by atoms with Gasteiger partial charge in [0.2, 0.25) is 0 Å². The van der Waals surface area contributed by atoms with Crippen molar-refractivity contribution in [2.75, 3.05) is 0 Å². The van der Waals surface area contributed by atoms with Crippen molar-refractivity contribution in [2.24, 2.45) is 0 Å². The molecule has 2 heterocycles. The standard InChI is InChI=1S/C35H21NS/c1-2-12-23-22(10-1)11-7-16-25(23)33-27-15-4-3-14-26(27)32(29-19-9-21-36-34(29)33)30-18-8-17-28-24-13-5-6-20-31(24)37-35(28)30/h1-21H. The number of rotatable bonds is 2. The molecule has 0 bridgehead atoms. The second-order valence-corrected chi connectivity index (χ2v) is 10.6. The summed E-state index contributed by atoms with van der Waals surface area (Å²) in [7, 11) is 0. The molecule has 6 aromatic carbocycles. The molecule has 2 aromatic heterocycles. The molecule has 0 aliphatic carbocycles. The monoisotopic (exact) mass is 487 g/mol. The fraction of sp³-hybridized carbons (Fsp3) is 0. The van der Waals surface area contributed by atoms with E-state index in [2.05, 4.69) is 121 Å². The minimum absolute atomic E-state index is 1.05. The Morgan fingerprint density at radius 2 is 1.05 bits per heavy atom. The molecule has 172 valence electrons. The number of thiophene rings is 1. The fourth-order valence-corrected chi connectivity index (χ4v) is 7.17. The van der Waals surface area contributed by atoms with E-state index in [0.29, 0.717) is 0 Å². The molecule has 0 aliphatic heterocycles. The van der Waals surface area contributed by atoms with E-state index in [1.54, 1.807) is 0 Å². The third-order valence-electron chi connectivity index (χ3n) is 7.51. The third-order valence-corrected chi connectivity index (χ3v) is 8.73. The average molecular weight is 488 g/mol. The van der Waals surface area contributed by atoms with Gasteiger partial charge in [0, 0.05) is 48.4 Å². The predicted octanol–water partition coefficient (Wildman–Crippen LogP) is 10.2. The Bertz CT molecular complexity index is 2090. The zero-order chi connectivity index (χ0) is 24.3. The first kappa shape index (κ1) is 20.6. The Morgan fingerprint density at radius 3 is 1.95 bits per heavy atom. The van der Waals surface area contributed by atoms with E-state index in [-0.39, 0.29) is 0 Å². The normalized spacial score (nSPS) is 11.8. The first-order valence-corrected chi connectivity index (χ1v) is 13.4. The largest absolute Gasteiger partial charge is 0.256 e. The number of aromatic nitrogens is 1. The van der Waals surface area contributed by atoms with Gasteiger partial charge in [-0.3, -0.25) is 4.98 Å². The van der Waals surface area contributed by atoms with Gasteiger partial charge in [-0.2, -0.15) is 0 Å². The van der Waals surface area contributed by atoms with Gasteiger partial charge in [0.15, 0.2) is 0 Å². The molecule has 0 radical (unpaired) electrons. The van der Waals surface area contributed by atoms with Crippen LogP contribution in [0.5, 0.6) is 0 Å². The Hall–Kier alpha value is -4.53. The summed E-state index contributed by atoms with van der Waals surface area (Å²) in [6.07, 6.45) is 1.93. The average Bonchev–Trinajstić information content (AvgIpc) is 3.35. The van der Waals surface area contributed by atoms with Crippen LogP contribution < -0.4 is 0 Å². The van der Waals surface area contributed by atoms with Crippen molar-refractivity contribution in [1.29, 1.82) is 0 Å². The molecule has 8 aromatic rings. The molecule has 0 spiro atoms. The van der Waals surface area contributed by atoms with Crippen LogP contribution in [-0.4, -0.2) is 4.98 Å². The molecule has 2 heteroatoms. The van der Waals surface area contributed by atoms with Gasteiger partial charge in [0.05, 0.1) is 5.52 Å². The van der Waals surface area contributed by atoms with Crippen molar-refractivity contribution >= 4 is 64.0 Å². The molecule has 37 heavy (non-hydrogen) atoms. The van der Waals surface area contributed by atoms with Gasteiger partial charge in [0.1, 0.15) is 0 Å². The minimum Gasteiger partial charge on any atom is -0.256 e. The smallest absolute Gasteiger partial charge is 0.0793 e. The van der Waals surface area contributed by atoms with Crippen LogP contribution in [0.15, 0.2) is 128 Å². The molecular weight excluding hydrogens is 466 g/mol. The van der Waals surface area contributed by atoms with E-state index >= 15 is 0 Å². The van der Waals surface area contributed by atoms with Crippen LogP contribution in [0.1, 0.15) is 0 Å².